The van der Waals surface area contributed by atoms with Crippen LogP contribution in [0.4, 0.5) is 5.13 Å². The largest absolute Gasteiger partial charge is 0.316 e. The summed E-state index contributed by atoms with van der Waals surface area (Å²) >= 11 is 1.34. The van der Waals surface area contributed by atoms with Gasteiger partial charge in [0.25, 0.3) is 10.0 Å². The molecule has 1 fully saturated rings. The second kappa shape index (κ2) is 5.75. The molecule has 1 aliphatic carbocycles. The Hall–Kier alpha value is -1.44. The van der Waals surface area contributed by atoms with Gasteiger partial charge in [-0.1, -0.05) is 18.2 Å². The van der Waals surface area contributed by atoms with Gasteiger partial charge in [-0.2, -0.15) is 0 Å². The van der Waals surface area contributed by atoms with Crippen molar-refractivity contribution in [2.45, 2.75) is 30.2 Å². The fraction of sp³-hybridized carbons (Fsp3) is 0.357. The van der Waals surface area contributed by atoms with Crippen molar-refractivity contribution in [2.24, 2.45) is 0 Å². The van der Waals surface area contributed by atoms with Crippen molar-refractivity contribution in [1.82, 2.24) is 10.3 Å². The van der Waals surface area contributed by atoms with Gasteiger partial charge in [0.1, 0.15) is 0 Å². The number of thiazole rings is 1. The third kappa shape index (κ3) is 3.25. The molecule has 2 aromatic rings. The first-order valence-corrected chi connectivity index (χ1v) is 9.17. The first-order chi connectivity index (χ1) is 10.1. The average molecular weight is 323 g/mol. The van der Waals surface area contributed by atoms with Crippen LogP contribution in [0.15, 0.2) is 34.5 Å². The number of sulfonamides is 1. The number of anilines is 1. The van der Waals surface area contributed by atoms with Crippen molar-refractivity contribution in [3.05, 3.63) is 40.9 Å². The van der Waals surface area contributed by atoms with Gasteiger partial charge < -0.3 is 5.32 Å². The lowest BCUT2D eigenvalue weighted by Gasteiger charge is -2.10. The fourth-order valence-corrected chi connectivity index (χ4v) is 4.46. The molecule has 1 heterocycles. The quantitative estimate of drug-likeness (QED) is 0.857. The minimum atomic E-state index is -3.60. The second-order valence-corrected chi connectivity index (χ2v) is 7.60. The van der Waals surface area contributed by atoms with Crippen molar-refractivity contribution in [3.63, 3.8) is 0 Å². The zero-order chi connectivity index (χ0) is 14.9. The molecule has 1 aromatic carbocycles. The maximum Gasteiger partial charge on any atom is 0.263 e. The van der Waals surface area contributed by atoms with E-state index in [1.165, 1.54) is 11.3 Å². The highest BCUT2D eigenvalue weighted by atomic mass is 32.2. The molecule has 0 spiro atoms. The number of nitrogens with one attached hydrogen (secondary N) is 2. The van der Waals surface area contributed by atoms with Crippen LogP contribution < -0.4 is 10.0 Å². The molecule has 2 N–H and O–H groups in total. The number of hydrogen-bond donors (Lipinski definition) is 2. The van der Waals surface area contributed by atoms with E-state index in [9.17, 15) is 8.42 Å². The Labute approximate surface area is 128 Å². The Kier molecular flexibility index (Phi) is 3.97. The van der Waals surface area contributed by atoms with Crippen LogP contribution in [0.3, 0.4) is 0 Å². The molecule has 0 bridgehead atoms. The van der Waals surface area contributed by atoms with Crippen molar-refractivity contribution in [3.8, 4) is 0 Å². The summed E-state index contributed by atoms with van der Waals surface area (Å²) in [5.41, 5.74) is 1.74. The molecule has 0 unspecified atom stereocenters. The van der Waals surface area contributed by atoms with Gasteiger partial charge in [-0.05, 0) is 31.5 Å². The Morgan fingerprint density at radius 2 is 2.10 bits per heavy atom. The van der Waals surface area contributed by atoms with E-state index < -0.39 is 10.0 Å². The number of rotatable bonds is 6. The Bertz CT molecular complexity index is 736. The van der Waals surface area contributed by atoms with E-state index in [4.69, 9.17) is 0 Å². The zero-order valence-electron chi connectivity index (χ0n) is 11.7. The van der Waals surface area contributed by atoms with Gasteiger partial charge in [0.05, 0.1) is 10.6 Å². The fourth-order valence-electron chi connectivity index (χ4n) is 2.17. The second-order valence-electron chi connectivity index (χ2n) is 5.10. The maximum atomic E-state index is 12.5. The number of nitrogens with zero attached hydrogens (tertiary/aromatic N) is 1. The molecule has 7 heteroatoms. The maximum absolute atomic E-state index is 12.5. The molecular weight excluding hydrogens is 306 g/mol. The van der Waals surface area contributed by atoms with Crippen LogP contribution in [0.5, 0.6) is 0 Å². The van der Waals surface area contributed by atoms with Gasteiger partial charge in [-0.25, -0.2) is 13.4 Å². The van der Waals surface area contributed by atoms with Crippen LogP contribution in [0, 0.1) is 0 Å². The highest BCUT2D eigenvalue weighted by molar-refractivity contribution is 7.93. The third-order valence-corrected chi connectivity index (χ3v) is 5.71. The predicted molar refractivity (Wildman–Crippen MR) is 84.1 cm³/mol. The molecule has 0 radical (unpaired) electrons. The smallest absolute Gasteiger partial charge is 0.263 e. The number of aromatic nitrogens is 1. The normalized spacial score (nSPS) is 15.1. The highest BCUT2D eigenvalue weighted by Gasteiger charge is 2.27. The Balaban J connectivity index is 1.85. The van der Waals surface area contributed by atoms with E-state index in [-0.39, 0.29) is 0 Å². The molecule has 0 aliphatic heterocycles. The van der Waals surface area contributed by atoms with Crippen molar-refractivity contribution in [2.75, 3.05) is 11.8 Å². The summed E-state index contributed by atoms with van der Waals surface area (Å²) in [6.07, 6.45) is 2.31. The van der Waals surface area contributed by atoms with Crippen LogP contribution in [0.1, 0.15) is 30.0 Å². The summed E-state index contributed by atoms with van der Waals surface area (Å²) in [5.74, 6) is 0.524. The average Bonchev–Trinajstić information content (AvgIpc) is 3.21. The Morgan fingerprint density at radius 3 is 2.81 bits per heavy atom. The number of benzene rings is 1. The zero-order valence-corrected chi connectivity index (χ0v) is 13.3. The minimum absolute atomic E-state index is 0.294. The van der Waals surface area contributed by atoms with Crippen LogP contribution in [-0.2, 0) is 16.6 Å². The van der Waals surface area contributed by atoms with E-state index >= 15 is 0 Å². The van der Waals surface area contributed by atoms with E-state index in [1.54, 1.807) is 19.2 Å². The molecule has 21 heavy (non-hydrogen) atoms. The molecule has 0 amide bonds. The molecule has 1 aromatic heterocycles. The van der Waals surface area contributed by atoms with Crippen LogP contribution in [-0.4, -0.2) is 20.4 Å². The van der Waals surface area contributed by atoms with Crippen LogP contribution in [0.2, 0.25) is 0 Å². The molecule has 5 nitrogen and oxygen atoms in total. The summed E-state index contributed by atoms with van der Waals surface area (Å²) < 4.78 is 27.6. The Morgan fingerprint density at radius 1 is 1.33 bits per heavy atom. The third-order valence-electron chi connectivity index (χ3n) is 3.37. The predicted octanol–water partition coefficient (Wildman–Crippen LogP) is 2.54. The van der Waals surface area contributed by atoms with Gasteiger partial charge in [0.15, 0.2) is 5.13 Å². The van der Waals surface area contributed by atoms with Gasteiger partial charge in [0.2, 0.25) is 0 Å². The lowest BCUT2D eigenvalue weighted by atomic mass is 10.2. The molecule has 3 rings (SSSR count). The molecule has 1 aliphatic rings. The van der Waals surface area contributed by atoms with E-state index in [0.717, 1.165) is 24.1 Å². The van der Waals surface area contributed by atoms with Gasteiger partial charge in [0, 0.05) is 17.8 Å². The molecule has 1 saturated carbocycles. The summed E-state index contributed by atoms with van der Waals surface area (Å²) in [7, 11) is -1.81. The van der Waals surface area contributed by atoms with Gasteiger partial charge >= 0.3 is 0 Å². The SMILES string of the molecule is CNCc1ccccc1S(=O)(=O)Nc1nc(C2CC2)cs1. The van der Waals surface area contributed by atoms with Crippen molar-refractivity contribution >= 4 is 26.5 Å². The van der Waals surface area contributed by atoms with Crippen molar-refractivity contribution in [1.29, 1.82) is 0 Å². The topological polar surface area (TPSA) is 71.1 Å². The van der Waals surface area contributed by atoms with E-state index in [2.05, 4.69) is 15.0 Å². The van der Waals surface area contributed by atoms with Crippen LogP contribution >= 0.6 is 11.3 Å². The van der Waals surface area contributed by atoms with Crippen LogP contribution in [0.25, 0.3) is 0 Å². The van der Waals surface area contributed by atoms with Gasteiger partial charge in [-0.3, -0.25) is 4.72 Å². The minimum Gasteiger partial charge on any atom is -0.316 e. The highest BCUT2D eigenvalue weighted by Crippen LogP contribution is 2.41. The summed E-state index contributed by atoms with van der Waals surface area (Å²) in [6.45, 7) is 0.502. The lowest BCUT2D eigenvalue weighted by Crippen LogP contribution is -2.17. The summed E-state index contributed by atoms with van der Waals surface area (Å²) in [5, 5.41) is 5.36. The standard InChI is InChI=1S/C14H17N3O2S2/c1-15-8-11-4-2-3-5-13(11)21(18,19)17-14-16-12(9-20-14)10-6-7-10/h2-5,9-10,15H,6-8H2,1H3,(H,16,17). The molecular formula is C14H17N3O2S2. The summed E-state index contributed by atoms with van der Waals surface area (Å²) in [4.78, 5) is 4.67. The van der Waals surface area contributed by atoms with E-state index in [0.29, 0.717) is 22.5 Å². The first kappa shape index (κ1) is 14.5. The number of hydrogen-bond acceptors (Lipinski definition) is 5. The monoisotopic (exact) mass is 323 g/mol. The molecule has 0 saturated heterocycles. The molecule has 112 valence electrons. The van der Waals surface area contributed by atoms with Gasteiger partial charge in [-0.15, -0.1) is 11.3 Å². The summed E-state index contributed by atoms with van der Waals surface area (Å²) in [6, 6.07) is 6.98. The lowest BCUT2D eigenvalue weighted by molar-refractivity contribution is 0.599. The van der Waals surface area contributed by atoms with E-state index in [1.807, 2.05) is 17.5 Å². The first-order valence-electron chi connectivity index (χ1n) is 6.81. The molecule has 0 atom stereocenters. The van der Waals surface area contributed by atoms with Crippen molar-refractivity contribution < 1.29 is 8.42 Å².